The van der Waals surface area contributed by atoms with Crippen molar-refractivity contribution in [1.82, 2.24) is 19.6 Å². The molecule has 3 saturated heterocycles. The van der Waals surface area contributed by atoms with Crippen molar-refractivity contribution in [3.8, 4) is 0 Å². The number of carbonyl (C=O) groups is 3. The molecule has 0 radical (unpaired) electrons. The maximum absolute atomic E-state index is 13.6. The number of hydrogen-bond acceptors (Lipinski definition) is 5. The van der Waals surface area contributed by atoms with Gasteiger partial charge in [-0.05, 0) is 65.6 Å². The number of halogens is 11. The van der Waals surface area contributed by atoms with Gasteiger partial charge in [-0.25, -0.2) is 8.78 Å². The molecule has 0 aromatic heterocycles. The van der Waals surface area contributed by atoms with Crippen LogP contribution in [0.3, 0.4) is 0 Å². The van der Waals surface area contributed by atoms with E-state index >= 15 is 0 Å². The largest absolute Gasteiger partial charge is 0.471 e. The lowest BCUT2D eigenvalue weighted by molar-refractivity contribution is -0.187. The van der Waals surface area contributed by atoms with Gasteiger partial charge in [0.25, 0.3) is 5.91 Å². The number of piperazine rings is 1. The number of amides is 2. The van der Waals surface area contributed by atoms with Crippen molar-refractivity contribution in [3.05, 3.63) is 142 Å². The van der Waals surface area contributed by atoms with E-state index in [2.05, 4.69) is 17.0 Å². The van der Waals surface area contributed by atoms with Crippen molar-refractivity contribution in [1.29, 1.82) is 0 Å². The first kappa shape index (κ1) is 46.2. The van der Waals surface area contributed by atoms with Gasteiger partial charge >= 0.3 is 24.4 Å². The molecule has 1 unspecified atom stereocenters. The summed E-state index contributed by atoms with van der Waals surface area (Å²) < 4.78 is 145. The molecular formula is C44H41F11N4O3. The number of rotatable bonds is 6. The molecule has 4 aromatic carbocycles. The van der Waals surface area contributed by atoms with Crippen LogP contribution in [0.4, 0.5) is 48.3 Å². The molecule has 2 amide bonds. The Morgan fingerprint density at radius 2 is 1.16 bits per heavy atom. The van der Waals surface area contributed by atoms with Gasteiger partial charge in [0.2, 0.25) is 0 Å². The van der Waals surface area contributed by atoms with E-state index < -0.39 is 64.8 Å². The van der Waals surface area contributed by atoms with Crippen LogP contribution in [0.15, 0.2) is 97.1 Å². The highest BCUT2D eigenvalue weighted by atomic mass is 19.4. The van der Waals surface area contributed by atoms with Gasteiger partial charge in [-0.2, -0.15) is 39.5 Å². The van der Waals surface area contributed by atoms with E-state index in [0.29, 0.717) is 35.6 Å². The Morgan fingerprint density at radius 3 is 1.69 bits per heavy atom. The van der Waals surface area contributed by atoms with Gasteiger partial charge in [0.05, 0.1) is 17.0 Å². The molecule has 3 atom stereocenters. The Bertz CT molecular complexity index is 2140. The second-order valence-electron chi connectivity index (χ2n) is 15.4. The number of likely N-dealkylation sites (tertiary alicyclic amines) is 2. The molecule has 0 N–H and O–H groups in total. The minimum Gasteiger partial charge on any atom is -0.338 e. The Kier molecular flexibility index (Phi) is 14.1. The lowest BCUT2D eigenvalue weighted by Gasteiger charge is -2.47. The molecule has 0 aliphatic carbocycles. The summed E-state index contributed by atoms with van der Waals surface area (Å²) in [4.78, 5) is 42.9. The molecule has 7 nitrogen and oxygen atoms in total. The van der Waals surface area contributed by atoms with Crippen LogP contribution in [0.2, 0.25) is 0 Å². The van der Waals surface area contributed by atoms with Crippen molar-refractivity contribution in [2.75, 3.05) is 52.4 Å². The zero-order valence-corrected chi connectivity index (χ0v) is 32.9. The summed E-state index contributed by atoms with van der Waals surface area (Å²) in [5, 5.41) is 0. The standard InChI is InChI=1S/C26H23F10N3O2.C18H18FNO/c27-19-3-1-15(2-4-19)20-14-39(6-5-21(20)37-7-9-38(10-8-37)23(41)26(34,35)36)22(40)16-11-17(24(28,29)30)13-18(12-16)25(31,32)33;19-16-8-6-15(7-9-16)17-13-20(11-10-18(17)21)12-14-4-2-1-3-5-14/h1-4,11-13,20-21H,5-10,14H2;1-9,17H,10-13H2/t20-,21-;/m0./s1. The Hall–Kier alpha value is -5.36. The van der Waals surface area contributed by atoms with E-state index in [1.165, 1.54) is 29.8 Å². The molecule has 3 aliphatic heterocycles. The zero-order valence-electron chi connectivity index (χ0n) is 32.9. The van der Waals surface area contributed by atoms with E-state index in [9.17, 15) is 62.7 Å². The smallest absolute Gasteiger partial charge is 0.338 e. The molecule has 4 aromatic rings. The highest BCUT2D eigenvalue weighted by Crippen LogP contribution is 2.38. The first-order valence-electron chi connectivity index (χ1n) is 19.7. The number of hydrogen-bond donors (Lipinski definition) is 0. The normalized spacial score (nSPS) is 20.7. The summed E-state index contributed by atoms with van der Waals surface area (Å²) in [5.41, 5.74) is -1.38. The number of alkyl halides is 9. The lowest BCUT2D eigenvalue weighted by atomic mass is 9.84. The molecule has 0 bridgehead atoms. The molecule has 3 aliphatic rings. The number of ketones is 1. The highest BCUT2D eigenvalue weighted by Gasteiger charge is 2.45. The van der Waals surface area contributed by atoms with E-state index in [4.69, 9.17) is 0 Å². The third-order valence-electron chi connectivity index (χ3n) is 11.3. The van der Waals surface area contributed by atoms with Crippen molar-refractivity contribution in [2.45, 2.75) is 55.8 Å². The molecular weight excluding hydrogens is 841 g/mol. The van der Waals surface area contributed by atoms with Crippen molar-refractivity contribution >= 4 is 17.6 Å². The fourth-order valence-corrected chi connectivity index (χ4v) is 8.16. The first-order valence-corrected chi connectivity index (χ1v) is 19.7. The maximum atomic E-state index is 13.6. The molecule has 62 heavy (non-hydrogen) atoms. The predicted molar refractivity (Wildman–Crippen MR) is 205 cm³/mol. The number of benzene rings is 4. The van der Waals surface area contributed by atoms with Gasteiger partial charge in [0.15, 0.2) is 0 Å². The summed E-state index contributed by atoms with van der Waals surface area (Å²) in [5.74, 6) is -4.35. The quantitative estimate of drug-likeness (QED) is 0.181. The highest BCUT2D eigenvalue weighted by molar-refractivity contribution is 5.95. The van der Waals surface area contributed by atoms with E-state index in [1.54, 1.807) is 12.1 Å². The van der Waals surface area contributed by atoms with Crippen LogP contribution < -0.4 is 0 Å². The zero-order chi connectivity index (χ0) is 45.0. The van der Waals surface area contributed by atoms with Crippen LogP contribution in [-0.2, 0) is 28.5 Å². The van der Waals surface area contributed by atoms with E-state index in [1.807, 2.05) is 23.1 Å². The SMILES string of the molecule is O=C(c1cc(C(F)(F)F)cc(C(F)(F)F)c1)N1CC[C@H](N2CCN(C(=O)C(F)(F)F)CC2)[C@H](c2ccc(F)cc2)C1.O=C1CCN(Cc2ccccc2)CC1c1ccc(F)cc1. The molecule has 18 heteroatoms. The fraction of sp³-hybridized carbons (Fsp3) is 0.386. The monoisotopic (exact) mass is 882 g/mol. The summed E-state index contributed by atoms with van der Waals surface area (Å²) in [6.45, 7) is 1.79. The molecule has 0 saturated carbocycles. The van der Waals surface area contributed by atoms with Crippen LogP contribution >= 0.6 is 0 Å². The minimum absolute atomic E-state index is 0.0562. The molecule has 3 heterocycles. The topological polar surface area (TPSA) is 64.2 Å². The Morgan fingerprint density at radius 1 is 0.613 bits per heavy atom. The van der Waals surface area contributed by atoms with Crippen LogP contribution in [-0.4, -0.2) is 102 Å². The van der Waals surface area contributed by atoms with E-state index in [-0.39, 0.29) is 69.3 Å². The summed E-state index contributed by atoms with van der Waals surface area (Å²) in [7, 11) is 0. The van der Waals surface area contributed by atoms with Crippen LogP contribution in [0, 0.1) is 11.6 Å². The minimum atomic E-state index is -5.14. The summed E-state index contributed by atoms with van der Waals surface area (Å²) in [6, 6.07) is 21.9. The summed E-state index contributed by atoms with van der Waals surface area (Å²) >= 11 is 0. The second-order valence-corrected chi connectivity index (χ2v) is 15.4. The van der Waals surface area contributed by atoms with Gasteiger partial charge < -0.3 is 9.80 Å². The van der Waals surface area contributed by atoms with Crippen LogP contribution in [0.1, 0.15) is 62.9 Å². The van der Waals surface area contributed by atoms with Gasteiger partial charge in [0, 0.05) is 82.8 Å². The van der Waals surface area contributed by atoms with Crippen molar-refractivity contribution in [3.63, 3.8) is 0 Å². The first-order chi connectivity index (χ1) is 29.2. The number of piperidine rings is 2. The number of Topliss-reactive ketones (excluding diaryl/α,β-unsaturated/α-hetero) is 1. The van der Waals surface area contributed by atoms with E-state index in [0.717, 1.165) is 35.7 Å². The van der Waals surface area contributed by atoms with Crippen LogP contribution in [0.25, 0.3) is 0 Å². The van der Waals surface area contributed by atoms with Gasteiger partial charge in [-0.3, -0.25) is 24.2 Å². The van der Waals surface area contributed by atoms with Gasteiger partial charge in [-0.1, -0.05) is 54.6 Å². The van der Waals surface area contributed by atoms with Gasteiger partial charge in [-0.15, -0.1) is 0 Å². The van der Waals surface area contributed by atoms with Crippen molar-refractivity contribution in [2.24, 2.45) is 0 Å². The molecule has 332 valence electrons. The predicted octanol–water partition coefficient (Wildman–Crippen LogP) is 8.95. The second kappa shape index (κ2) is 18.9. The average Bonchev–Trinajstić information content (AvgIpc) is 3.24. The molecule has 3 fully saturated rings. The molecule has 7 rings (SSSR count). The third kappa shape index (κ3) is 11.6. The number of nitrogens with zero attached hydrogens (tertiary/aromatic N) is 4. The van der Waals surface area contributed by atoms with Crippen LogP contribution in [0.5, 0.6) is 0 Å². The lowest BCUT2D eigenvalue weighted by Crippen LogP contribution is -2.58. The maximum Gasteiger partial charge on any atom is 0.471 e. The van der Waals surface area contributed by atoms with Gasteiger partial charge in [0.1, 0.15) is 17.4 Å². The number of carbonyl (C=O) groups excluding carboxylic acids is 3. The molecule has 0 spiro atoms. The fourth-order valence-electron chi connectivity index (χ4n) is 8.16. The summed E-state index contributed by atoms with van der Waals surface area (Å²) in [6.07, 6.45) is -14.6. The Balaban J connectivity index is 0.000000254. The third-order valence-corrected chi connectivity index (χ3v) is 11.3. The average molecular weight is 883 g/mol. The van der Waals surface area contributed by atoms with Crippen molar-refractivity contribution < 1.29 is 62.7 Å². The Labute approximate surface area is 349 Å².